The van der Waals surface area contributed by atoms with Crippen LogP contribution < -0.4 is 5.32 Å². The summed E-state index contributed by atoms with van der Waals surface area (Å²) in [5.74, 6) is -0.587. The molecule has 2 aromatic rings. The Morgan fingerprint density at radius 1 is 1.08 bits per heavy atom. The van der Waals surface area contributed by atoms with E-state index < -0.39 is 11.9 Å². The van der Waals surface area contributed by atoms with Gasteiger partial charge in [-0.3, -0.25) is 0 Å². The Hall–Kier alpha value is -2.55. The van der Waals surface area contributed by atoms with E-state index in [1.807, 2.05) is 0 Å². The summed E-state index contributed by atoms with van der Waals surface area (Å²) in [5, 5.41) is 3.40. The summed E-state index contributed by atoms with van der Waals surface area (Å²) in [4.78, 5) is 36.5. The summed E-state index contributed by atoms with van der Waals surface area (Å²) >= 11 is 1.16. The molecule has 0 bridgehead atoms. The average molecular weight is 350 g/mol. The second-order valence-corrected chi connectivity index (χ2v) is 5.69. The quantitative estimate of drug-likeness (QED) is 0.793. The largest absolute Gasteiger partial charge is 0.462 e. The molecule has 0 aliphatic carbocycles. The lowest BCUT2D eigenvalue weighted by atomic mass is 10.2. The molecule has 0 aliphatic heterocycles. The van der Waals surface area contributed by atoms with Crippen LogP contribution in [0.5, 0.6) is 0 Å². The lowest BCUT2D eigenvalue weighted by Crippen LogP contribution is -2.10. The van der Waals surface area contributed by atoms with Gasteiger partial charge in [0.15, 0.2) is 5.13 Å². The third kappa shape index (κ3) is 4.05. The van der Waals surface area contributed by atoms with Crippen molar-refractivity contribution in [2.75, 3.05) is 18.5 Å². The summed E-state index contributed by atoms with van der Waals surface area (Å²) < 4.78 is 9.91. The van der Waals surface area contributed by atoms with Crippen LogP contribution in [0.1, 0.15) is 45.3 Å². The number of rotatable bonds is 6. The predicted molar refractivity (Wildman–Crippen MR) is 88.8 cm³/mol. The van der Waals surface area contributed by atoms with Crippen molar-refractivity contribution in [1.82, 2.24) is 15.0 Å². The third-order valence-electron chi connectivity index (χ3n) is 2.95. The van der Waals surface area contributed by atoms with Gasteiger partial charge in [-0.2, -0.15) is 0 Å². The standard InChI is InChI=1S/C15H18N4O4S/c1-5-22-12(20)10-7-16-14(17-8(10)3)19-15-18-9(4)11(24-15)13(21)23-6-2/h7H,5-6H2,1-4H3,(H,16,17,18,19). The minimum atomic E-state index is -0.462. The fourth-order valence-electron chi connectivity index (χ4n) is 1.87. The summed E-state index contributed by atoms with van der Waals surface area (Å²) in [7, 11) is 0. The first-order chi connectivity index (χ1) is 11.5. The van der Waals surface area contributed by atoms with Crippen LogP contribution in [0, 0.1) is 13.8 Å². The Bertz CT molecular complexity index is 760. The lowest BCUT2D eigenvalue weighted by molar-refractivity contribution is 0.0517. The molecule has 1 N–H and O–H groups in total. The smallest absolute Gasteiger partial charge is 0.350 e. The molecule has 2 heterocycles. The molecule has 9 heteroatoms. The van der Waals surface area contributed by atoms with Crippen LogP contribution in [-0.4, -0.2) is 40.1 Å². The maximum absolute atomic E-state index is 11.8. The van der Waals surface area contributed by atoms with Crippen LogP contribution in [0.15, 0.2) is 6.20 Å². The fraction of sp³-hybridized carbons (Fsp3) is 0.400. The van der Waals surface area contributed by atoms with Gasteiger partial charge in [-0.15, -0.1) is 0 Å². The number of aryl methyl sites for hydroxylation is 2. The molecule has 0 unspecified atom stereocenters. The van der Waals surface area contributed by atoms with Crippen LogP contribution in [0.3, 0.4) is 0 Å². The van der Waals surface area contributed by atoms with Crippen molar-refractivity contribution in [3.63, 3.8) is 0 Å². The van der Waals surface area contributed by atoms with Crippen LogP contribution in [-0.2, 0) is 9.47 Å². The molecular weight excluding hydrogens is 332 g/mol. The third-order valence-corrected chi connectivity index (χ3v) is 4.00. The minimum Gasteiger partial charge on any atom is -0.462 e. The molecule has 8 nitrogen and oxygen atoms in total. The van der Waals surface area contributed by atoms with E-state index in [1.54, 1.807) is 27.7 Å². The summed E-state index contributed by atoms with van der Waals surface area (Å²) in [6, 6.07) is 0. The zero-order valence-electron chi connectivity index (χ0n) is 13.9. The van der Waals surface area contributed by atoms with Gasteiger partial charge >= 0.3 is 11.9 Å². The first kappa shape index (κ1) is 17.8. The van der Waals surface area contributed by atoms with Gasteiger partial charge in [-0.1, -0.05) is 11.3 Å². The van der Waals surface area contributed by atoms with E-state index in [4.69, 9.17) is 9.47 Å². The van der Waals surface area contributed by atoms with Gasteiger partial charge in [0, 0.05) is 6.20 Å². The van der Waals surface area contributed by atoms with Gasteiger partial charge in [-0.05, 0) is 27.7 Å². The maximum Gasteiger partial charge on any atom is 0.350 e. The SMILES string of the molecule is CCOC(=O)c1cnc(Nc2nc(C)c(C(=O)OCC)s2)nc1C. The molecule has 0 spiro atoms. The summed E-state index contributed by atoms with van der Waals surface area (Å²) in [5.41, 5.74) is 1.37. The van der Waals surface area contributed by atoms with Gasteiger partial charge in [-0.25, -0.2) is 24.5 Å². The molecule has 0 atom stereocenters. The van der Waals surface area contributed by atoms with E-state index >= 15 is 0 Å². The molecule has 0 aliphatic rings. The molecule has 0 saturated heterocycles. The zero-order valence-corrected chi connectivity index (χ0v) is 14.7. The first-order valence-corrected chi connectivity index (χ1v) is 8.20. The Balaban J connectivity index is 2.17. The summed E-state index contributed by atoms with van der Waals surface area (Å²) in [6.45, 7) is 7.48. The second-order valence-electron chi connectivity index (χ2n) is 4.69. The molecule has 0 aromatic carbocycles. The highest BCUT2D eigenvalue weighted by Gasteiger charge is 2.18. The molecule has 0 radical (unpaired) electrons. The van der Waals surface area contributed by atoms with Crippen molar-refractivity contribution in [1.29, 1.82) is 0 Å². The number of carbonyl (C=O) groups is 2. The number of ether oxygens (including phenoxy) is 2. The van der Waals surface area contributed by atoms with E-state index in [1.165, 1.54) is 6.20 Å². The van der Waals surface area contributed by atoms with E-state index in [-0.39, 0.29) is 12.6 Å². The van der Waals surface area contributed by atoms with Crippen molar-refractivity contribution >= 4 is 34.4 Å². The average Bonchev–Trinajstić information content (AvgIpc) is 2.88. The van der Waals surface area contributed by atoms with Crippen LogP contribution in [0.25, 0.3) is 0 Å². The van der Waals surface area contributed by atoms with Crippen LogP contribution in [0.4, 0.5) is 11.1 Å². The number of hydrogen-bond donors (Lipinski definition) is 1. The van der Waals surface area contributed by atoms with Gasteiger partial charge in [0.1, 0.15) is 4.88 Å². The maximum atomic E-state index is 11.8. The normalized spacial score (nSPS) is 10.3. The molecule has 2 rings (SSSR count). The van der Waals surface area contributed by atoms with E-state index in [0.717, 1.165) is 11.3 Å². The minimum absolute atomic E-state index is 0.282. The molecule has 0 saturated carbocycles. The van der Waals surface area contributed by atoms with Crippen molar-refractivity contribution in [3.8, 4) is 0 Å². The Morgan fingerprint density at radius 3 is 2.38 bits per heavy atom. The molecule has 2 aromatic heterocycles. The fourth-order valence-corrected chi connectivity index (χ4v) is 2.72. The highest BCUT2D eigenvalue weighted by Crippen LogP contribution is 2.25. The van der Waals surface area contributed by atoms with E-state index in [0.29, 0.717) is 33.6 Å². The summed E-state index contributed by atoms with van der Waals surface area (Å²) in [6.07, 6.45) is 1.40. The molecule has 128 valence electrons. The number of thiazole rings is 1. The van der Waals surface area contributed by atoms with Gasteiger partial charge in [0.05, 0.1) is 30.2 Å². The molecule has 24 heavy (non-hydrogen) atoms. The number of anilines is 2. The predicted octanol–water partition coefficient (Wildman–Crippen LogP) is 2.65. The Morgan fingerprint density at radius 2 is 1.75 bits per heavy atom. The highest BCUT2D eigenvalue weighted by atomic mass is 32.1. The number of esters is 2. The molecular formula is C15H18N4O4S. The van der Waals surface area contributed by atoms with Gasteiger partial charge < -0.3 is 14.8 Å². The lowest BCUT2D eigenvalue weighted by Gasteiger charge is -2.06. The van der Waals surface area contributed by atoms with Crippen molar-refractivity contribution in [3.05, 3.63) is 28.0 Å². The Kier molecular flexibility index (Phi) is 5.80. The number of nitrogens with one attached hydrogen (secondary N) is 1. The van der Waals surface area contributed by atoms with Crippen molar-refractivity contribution in [2.45, 2.75) is 27.7 Å². The number of aromatic nitrogens is 3. The molecule has 0 amide bonds. The van der Waals surface area contributed by atoms with Crippen LogP contribution in [0.2, 0.25) is 0 Å². The van der Waals surface area contributed by atoms with Crippen LogP contribution >= 0.6 is 11.3 Å². The first-order valence-electron chi connectivity index (χ1n) is 7.38. The second kappa shape index (κ2) is 7.82. The molecule has 0 fully saturated rings. The van der Waals surface area contributed by atoms with E-state index in [2.05, 4.69) is 20.3 Å². The van der Waals surface area contributed by atoms with Gasteiger partial charge in [0.2, 0.25) is 5.95 Å². The van der Waals surface area contributed by atoms with E-state index in [9.17, 15) is 9.59 Å². The number of carbonyl (C=O) groups excluding carboxylic acids is 2. The van der Waals surface area contributed by atoms with Crippen molar-refractivity contribution in [2.24, 2.45) is 0 Å². The monoisotopic (exact) mass is 350 g/mol. The number of nitrogens with zero attached hydrogens (tertiary/aromatic N) is 3. The number of hydrogen-bond acceptors (Lipinski definition) is 9. The van der Waals surface area contributed by atoms with Crippen molar-refractivity contribution < 1.29 is 19.1 Å². The highest BCUT2D eigenvalue weighted by molar-refractivity contribution is 7.17. The topological polar surface area (TPSA) is 103 Å². The Labute approximate surface area is 143 Å². The van der Waals surface area contributed by atoms with Gasteiger partial charge in [0.25, 0.3) is 0 Å². The zero-order chi connectivity index (χ0) is 17.7.